The lowest BCUT2D eigenvalue weighted by atomic mass is 10.1. The van der Waals surface area contributed by atoms with Crippen LogP contribution in [0.4, 0.5) is 5.13 Å². The zero-order valence-electron chi connectivity index (χ0n) is 9.69. The van der Waals surface area contributed by atoms with E-state index in [1.54, 1.807) is 7.11 Å². The van der Waals surface area contributed by atoms with Crippen LogP contribution < -0.4 is 10.6 Å². The van der Waals surface area contributed by atoms with Gasteiger partial charge in [-0.25, -0.2) is 4.98 Å². The van der Waals surface area contributed by atoms with Crippen LogP contribution in [0.3, 0.4) is 0 Å². The Labute approximate surface area is 99.8 Å². The van der Waals surface area contributed by atoms with Gasteiger partial charge in [-0.2, -0.15) is 4.37 Å². The van der Waals surface area contributed by atoms with E-state index in [9.17, 15) is 0 Å². The number of hydrogen-bond acceptors (Lipinski definition) is 6. The van der Waals surface area contributed by atoms with Gasteiger partial charge in [0.1, 0.15) is 6.10 Å². The number of ether oxygens (including phenoxy) is 1. The number of piperidine rings is 1. The minimum Gasteiger partial charge on any atom is -0.374 e. The van der Waals surface area contributed by atoms with Crippen molar-refractivity contribution in [1.29, 1.82) is 0 Å². The largest absolute Gasteiger partial charge is 0.374 e. The second-order valence-electron chi connectivity index (χ2n) is 4.02. The third-order valence-electron chi connectivity index (χ3n) is 2.78. The highest BCUT2D eigenvalue weighted by Crippen LogP contribution is 2.19. The van der Waals surface area contributed by atoms with E-state index in [0.717, 1.165) is 24.0 Å². The van der Waals surface area contributed by atoms with Crippen molar-refractivity contribution in [1.82, 2.24) is 14.7 Å². The number of rotatable bonds is 4. The smallest absolute Gasteiger partial charge is 0.202 e. The summed E-state index contributed by atoms with van der Waals surface area (Å²) >= 11 is 1.41. The van der Waals surface area contributed by atoms with Crippen LogP contribution in [0.5, 0.6) is 0 Å². The molecule has 0 aromatic carbocycles. The minimum absolute atomic E-state index is 0.0312. The van der Waals surface area contributed by atoms with Crippen LogP contribution in [-0.4, -0.2) is 35.6 Å². The molecule has 2 heterocycles. The molecule has 6 heteroatoms. The maximum absolute atomic E-state index is 5.18. The molecule has 0 saturated carbocycles. The molecular weight excluding hydrogens is 224 g/mol. The van der Waals surface area contributed by atoms with E-state index >= 15 is 0 Å². The van der Waals surface area contributed by atoms with Crippen molar-refractivity contribution < 1.29 is 4.74 Å². The molecule has 2 rings (SSSR count). The summed E-state index contributed by atoms with van der Waals surface area (Å²) in [5.74, 6) is 0.763. The van der Waals surface area contributed by atoms with Crippen molar-refractivity contribution in [2.75, 3.05) is 25.5 Å². The van der Waals surface area contributed by atoms with Crippen molar-refractivity contribution in [3.63, 3.8) is 0 Å². The predicted octanol–water partition coefficient (Wildman–Crippen LogP) is 1.41. The van der Waals surface area contributed by atoms with Crippen molar-refractivity contribution >= 4 is 16.7 Å². The Morgan fingerprint density at radius 1 is 1.62 bits per heavy atom. The molecule has 2 unspecified atom stereocenters. The van der Waals surface area contributed by atoms with E-state index in [0.29, 0.717) is 6.04 Å². The lowest BCUT2D eigenvalue weighted by molar-refractivity contribution is 0.113. The van der Waals surface area contributed by atoms with E-state index in [-0.39, 0.29) is 6.10 Å². The van der Waals surface area contributed by atoms with Crippen LogP contribution in [0.2, 0.25) is 0 Å². The fraction of sp³-hybridized carbons (Fsp3) is 0.800. The second-order valence-corrected chi connectivity index (χ2v) is 4.78. The first-order valence-electron chi connectivity index (χ1n) is 5.63. The first-order chi connectivity index (χ1) is 7.79. The molecule has 2 N–H and O–H groups in total. The third kappa shape index (κ3) is 2.90. The standard InChI is InChI=1S/C10H18N4OS/c1-7(15-2)9-13-10(16-14-9)12-8-4-3-5-11-6-8/h7-8,11H,3-6H2,1-2H3,(H,12,13,14). The number of aromatic nitrogens is 2. The van der Waals surface area contributed by atoms with E-state index in [1.165, 1.54) is 24.4 Å². The lowest BCUT2D eigenvalue weighted by Gasteiger charge is -2.23. The average Bonchev–Trinajstić information content (AvgIpc) is 2.78. The molecular formula is C10H18N4OS. The Morgan fingerprint density at radius 3 is 3.19 bits per heavy atom. The molecule has 1 aliphatic rings. The number of anilines is 1. The van der Waals surface area contributed by atoms with Gasteiger partial charge in [-0.3, -0.25) is 0 Å². The summed E-state index contributed by atoms with van der Waals surface area (Å²) in [5, 5.41) is 7.67. The van der Waals surface area contributed by atoms with Crippen LogP contribution in [0.1, 0.15) is 31.7 Å². The van der Waals surface area contributed by atoms with Gasteiger partial charge < -0.3 is 15.4 Å². The molecule has 1 aromatic rings. The Morgan fingerprint density at radius 2 is 2.50 bits per heavy atom. The van der Waals surface area contributed by atoms with Gasteiger partial charge in [0.2, 0.25) is 5.13 Å². The molecule has 0 amide bonds. The molecule has 2 atom stereocenters. The van der Waals surface area contributed by atoms with E-state index in [1.807, 2.05) is 6.92 Å². The topological polar surface area (TPSA) is 59.1 Å². The van der Waals surface area contributed by atoms with Gasteiger partial charge in [-0.05, 0) is 26.3 Å². The van der Waals surface area contributed by atoms with Crippen LogP contribution in [-0.2, 0) is 4.74 Å². The molecule has 0 aliphatic carbocycles. The second kappa shape index (κ2) is 5.56. The quantitative estimate of drug-likeness (QED) is 0.836. The molecule has 90 valence electrons. The Balaban J connectivity index is 1.91. The molecule has 1 aromatic heterocycles. The molecule has 0 radical (unpaired) electrons. The summed E-state index contributed by atoms with van der Waals surface area (Å²) in [7, 11) is 1.67. The molecule has 1 fully saturated rings. The molecule has 1 saturated heterocycles. The number of hydrogen-bond donors (Lipinski definition) is 2. The summed E-state index contributed by atoms with van der Waals surface area (Å²) in [6.45, 7) is 4.09. The molecule has 5 nitrogen and oxygen atoms in total. The van der Waals surface area contributed by atoms with Crippen LogP contribution in [0, 0.1) is 0 Å². The maximum Gasteiger partial charge on any atom is 0.202 e. The first kappa shape index (κ1) is 11.8. The summed E-state index contributed by atoms with van der Waals surface area (Å²) in [4.78, 5) is 4.42. The SMILES string of the molecule is COC(C)c1nsc(NC2CCCNC2)n1. The highest BCUT2D eigenvalue weighted by atomic mass is 32.1. The van der Waals surface area contributed by atoms with Crippen LogP contribution in [0.25, 0.3) is 0 Å². The Kier molecular flexibility index (Phi) is 4.09. The summed E-state index contributed by atoms with van der Waals surface area (Å²) in [5.41, 5.74) is 0. The van der Waals surface area contributed by atoms with Gasteiger partial charge in [0.05, 0.1) is 0 Å². The third-order valence-corrected chi connectivity index (χ3v) is 3.44. The molecule has 0 bridgehead atoms. The van der Waals surface area contributed by atoms with Crippen molar-refractivity contribution in [3.05, 3.63) is 5.82 Å². The normalized spacial score (nSPS) is 23.0. The monoisotopic (exact) mass is 242 g/mol. The number of nitrogens with zero attached hydrogens (tertiary/aromatic N) is 2. The van der Waals surface area contributed by atoms with Gasteiger partial charge in [0, 0.05) is 31.2 Å². The van der Waals surface area contributed by atoms with Gasteiger partial charge in [0.25, 0.3) is 0 Å². The zero-order valence-corrected chi connectivity index (χ0v) is 10.5. The fourth-order valence-electron chi connectivity index (χ4n) is 1.71. The van der Waals surface area contributed by atoms with Crippen LogP contribution >= 0.6 is 11.5 Å². The van der Waals surface area contributed by atoms with Crippen molar-refractivity contribution in [3.8, 4) is 0 Å². The predicted molar refractivity (Wildman–Crippen MR) is 64.8 cm³/mol. The van der Waals surface area contributed by atoms with E-state index in [2.05, 4.69) is 20.0 Å². The maximum atomic E-state index is 5.18. The van der Waals surface area contributed by atoms with E-state index < -0.39 is 0 Å². The van der Waals surface area contributed by atoms with Crippen molar-refractivity contribution in [2.45, 2.75) is 31.9 Å². The summed E-state index contributed by atoms with van der Waals surface area (Å²) in [6, 6.07) is 0.479. The molecule has 16 heavy (non-hydrogen) atoms. The number of nitrogens with one attached hydrogen (secondary N) is 2. The zero-order chi connectivity index (χ0) is 11.4. The Hall–Kier alpha value is -0.720. The molecule has 1 aliphatic heterocycles. The minimum atomic E-state index is -0.0312. The Bertz CT molecular complexity index is 324. The lowest BCUT2D eigenvalue weighted by Crippen LogP contribution is -2.38. The highest BCUT2D eigenvalue weighted by molar-refractivity contribution is 7.09. The summed E-state index contributed by atoms with van der Waals surface area (Å²) < 4.78 is 9.46. The highest BCUT2D eigenvalue weighted by Gasteiger charge is 2.16. The van der Waals surface area contributed by atoms with Crippen LogP contribution in [0.15, 0.2) is 0 Å². The van der Waals surface area contributed by atoms with Gasteiger partial charge in [-0.1, -0.05) is 0 Å². The molecule has 0 spiro atoms. The average molecular weight is 242 g/mol. The number of methoxy groups -OCH3 is 1. The summed E-state index contributed by atoms with van der Waals surface area (Å²) in [6.07, 6.45) is 2.38. The van der Waals surface area contributed by atoms with Gasteiger partial charge >= 0.3 is 0 Å². The van der Waals surface area contributed by atoms with Crippen molar-refractivity contribution in [2.24, 2.45) is 0 Å². The van der Waals surface area contributed by atoms with E-state index in [4.69, 9.17) is 4.74 Å². The van der Waals surface area contributed by atoms with Gasteiger partial charge in [-0.15, -0.1) is 0 Å². The van der Waals surface area contributed by atoms with Gasteiger partial charge in [0.15, 0.2) is 5.82 Å². The fourth-order valence-corrected chi connectivity index (χ4v) is 2.44. The first-order valence-corrected chi connectivity index (χ1v) is 6.40.